The molecule has 0 saturated carbocycles. The van der Waals surface area contributed by atoms with Crippen LogP contribution in [0.3, 0.4) is 0 Å². The number of rotatable bonds is 3. The van der Waals surface area contributed by atoms with E-state index in [2.05, 4.69) is 16.2 Å². The molecule has 5 heteroatoms. The van der Waals surface area contributed by atoms with Gasteiger partial charge in [0.15, 0.2) is 0 Å². The highest BCUT2D eigenvalue weighted by Gasteiger charge is 2.19. The fourth-order valence-electron chi connectivity index (χ4n) is 1.89. The van der Waals surface area contributed by atoms with Gasteiger partial charge in [-0.3, -0.25) is 4.79 Å². The SMILES string of the molecule is C#CCC(C)NC(=O)c1sc2nccc(C)c2c1N. The zero-order chi connectivity index (χ0) is 14.0. The summed E-state index contributed by atoms with van der Waals surface area (Å²) in [4.78, 5) is 17.7. The number of hydrogen-bond acceptors (Lipinski definition) is 4. The number of aryl methyl sites for hydroxylation is 1. The van der Waals surface area contributed by atoms with E-state index in [1.54, 1.807) is 6.20 Å². The van der Waals surface area contributed by atoms with Crippen LogP contribution in [0.1, 0.15) is 28.6 Å². The van der Waals surface area contributed by atoms with Crippen molar-refractivity contribution >= 4 is 33.1 Å². The Morgan fingerprint density at radius 3 is 3.05 bits per heavy atom. The lowest BCUT2D eigenvalue weighted by molar-refractivity contribution is 0.0946. The Labute approximate surface area is 116 Å². The molecule has 0 saturated heterocycles. The first-order valence-corrected chi connectivity index (χ1v) is 6.74. The van der Waals surface area contributed by atoms with Crippen LogP contribution in [0, 0.1) is 19.3 Å². The van der Waals surface area contributed by atoms with Gasteiger partial charge in [0.25, 0.3) is 5.91 Å². The molecule has 2 heterocycles. The minimum Gasteiger partial charge on any atom is -0.397 e. The Kier molecular flexibility index (Phi) is 3.72. The van der Waals surface area contributed by atoms with Crippen molar-refractivity contribution in [3.63, 3.8) is 0 Å². The molecule has 0 bridgehead atoms. The third kappa shape index (κ3) is 2.54. The summed E-state index contributed by atoms with van der Waals surface area (Å²) in [5.41, 5.74) is 7.58. The summed E-state index contributed by atoms with van der Waals surface area (Å²) in [5.74, 6) is 2.33. The first-order valence-electron chi connectivity index (χ1n) is 5.92. The zero-order valence-corrected chi connectivity index (χ0v) is 11.7. The first-order chi connectivity index (χ1) is 9.04. The van der Waals surface area contributed by atoms with Gasteiger partial charge in [-0.15, -0.1) is 23.7 Å². The highest BCUT2D eigenvalue weighted by Crippen LogP contribution is 2.34. The topological polar surface area (TPSA) is 68.0 Å². The van der Waals surface area contributed by atoms with Gasteiger partial charge in [-0.2, -0.15) is 0 Å². The number of carbonyl (C=O) groups excluding carboxylic acids is 1. The molecule has 1 amide bonds. The normalized spacial score (nSPS) is 12.1. The summed E-state index contributed by atoms with van der Waals surface area (Å²) >= 11 is 1.31. The van der Waals surface area contributed by atoms with Crippen LogP contribution in [0.2, 0.25) is 0 Å². The van der Waals surface area contributed by atoms with E-state index >= 15 is 0 Å². The lowest BCUT2D eigenvalue weighted by atomic mass is 10.1. The van der Waals surface area contributed by atoms with E-state index in [1.165, 1.54) is 11.3 Å². The van der Waals surface area contributed by atoms with Gasteiger partial charge in [0, 0.05) is 24.0 Å². The summed E-state index contributed by atoms with van der Waals surface area (Å²) in [5, 5.41) is 3.70. The van der Waals surface area contributed by atoms with E-state index in [0.29, 0.717) is 17.0 Å². The molecule has 0 aromatic carbocycles. The number of aromatic nitrogens is 1. The van der Waals surface area contributed by atoms with E-state index in [4.69, 9.17) is 12.2 Å². The van der Waals surface area contributed by atoms with Gasteiger partial charge in [-0.25, -0.2) is 4.98 Å². The van der Waals surface area contributed by atoms with Gasteiger partial charge >= 0.3 is 0 Å². The number of thiophene rings is 1. The highest BCUT2D eigenvalue weighted by molar-refractivity contribution is 7.21. The van der Waals surface area contributed by atoms with Crippen LogP contribution in [0.15, 0.2) is 12.3 Å². The minimum absolute atomic E-state index is 0.0730. The van der Waals surface area contributed by atoms with Crippen LogP contribution in [-0.4, -0.2) is 16.9 Å². The summed E-state index contributed by atoms with van der Waals surface area (Å²) in [7, 11) is 0. The van der Waals surface area contributed by atoms with E-state index in [1.807, 2.05) is 19.9 Å². The quantitative estimate of drug-likeness (QED) is 0.843. The second-order valence-electron chi connectivity index (χ2n) is 4.44. The Hall–Kier alpha value is -2.06. The fraction of sp³-hybridized carbons (Fsp3) is 0.286. The maximum Gasteiger partial charge on any atom is 0.263 e. The Bertz CT molecular complexity index is 669. The smallest absolute Gasteiger partial charge is 0.263 e. The molecule has 0 spiro atoms. The summed E-state index contributed by atoms with van der Waals surface area (Å²) in [6.45, 7) is 3.82. The number of nitrogens with zero attached hydrogens (tertiary/aromatic N) is 1. The van der Waals surface area contributed by atoms with Crippen molar-refractivity contribution < 1.29 is 4.79 Å². The monoisotopic (exact) mass is 273 g/mol. The molecule has 2 rings (SSSR count). The van der Waals surface area contributed by atoms with Gasteiger partial charge in [0.2, 0.25) is 0 Å². The van der Waals surface area contributed by atoms with Crippen molar-refractivity contribution in [3.8, 4) is 12.3 Å². The molecule has 0 aliphatic carbocycles. The van der Waals surface area contributed by atoms with Gasteiger partial charge in [0.05, 0.1) is 5.69 Å². The molecule has 98 valence electrons. The average Bonchev–Trinajstić information content (AvgIpc) is 2.68. The maximum absolute atomic E-state index is 12.2. The number of nitrogens with one attached hydrogen (secondary N) is 1. The predicted octanol–water partition coefficient (Wildman–Crippen LogP) is 2.33. The number of anilines is 1. The maximum atomic E-state index is 12.2. The molecule has 2 aromatic heterocycles. The van der Waals surface area contributed by atoms with Crippen LogP contribution in [0.5, 0.6) is 0 Å². The Morgan fingerprint density at radius 2 is 2.42 bits per heavy atom. The van der Waals surface area contributed by atoms with Gasteiger partial charge in [-0.1, -0.05) is 0 Å². The molecule has 0 aliphatic rings. The van der Waals surface area contributed by atoms with Crippen LogP contribution < -0.4 is 11.1 Å². The van der Waals surface area contributed by atoms with Gasteiger partial charge < -0.3 is 11.1 Å². The third-order valence-electron chi connectivity index (χ3n) is 2.84. The van der Waals surface area contributed by atoms with Crippen molar-refractivity contribution in [2.45, 2.75) is 26.3 Å². The minimum atomic E-state index is -0.192. The standard InChI is InChI=1S/C14H15N3OS/c1-4-5-9(3)17-13(18)12-11(15)10-8(2)6-7-16-14(10)19-12/h1,6-7,9H,5,15H2,2-3H3,(H,17,18). The number of pyridine rings is 1. The van der Waals surface area contributed by atoms with Crippen molar-refractivity contribution in [1.29, 1.82) is 0 Å². The van der Waals surface area contributed by atoms with Crippen LogP contribution >= 0.6 is 11.3 Å². The number of fused-ring (bicyclic) bond motifs is 1. The largest absolute Gasteiger partial charge is 0.397 e. The average molecular weight is 273 g/mol. The molecular formula is C14H15N3OS. The van der Waals surface area contributed by atoms with E-state index in [0.717, 1.165) is 15.8 Å². The van der Waals surface area contributed by atoms with Crippen molar-refractivity contribution in [2.24, 2.45) is 0 Å². The molecule has 3 N–H and O–H groups in total. The second-order valence-corrected chi connectivity index (χ2v) is 5.43. The number of nitrogens with two attached hydrogens (primary N) is 1. The second kappa shape index (κ2) is 5.29. The first kappa shape index (κ1) is 13.4. The number of nitrogen functional groups attached to an aromatic ring is 1. The van der Waals surface area contributed by atoms with Gasteiger partial charge in [-0.05, 0) is 25.5 Å². The molecular weight excluding hydrogens is 258 g/mol. The Morgan fingerprint density at radius 1 is 1.68 bits per heavy atom. The molecule has 0 radical (unpaired) electrons. The van der Waals surface area contributed by atoms with Gasteiger partial charge in [0.1, 0.15) is 9.71 Å². The van der Waals surface area contributed by atoms with Crippen LogP contribution in [0.4, 0.5) is 5.69 Å². The predicted molar refractivity (Wildman–Crippen MR) is 79.1 cm³/mol. The summed E-state index contributed by atoms with van der Waals surface area (Å²) < 4.78 is 0. The summed E-state index contributed by atoms with van der Waals surface area (Å²) in [6.07, 6.45) is 7.43. The lowest BCUT2D eigenvalue weighted by Gasteiger charge is -2.09. The molecule has 1 unspecified atom stereocenters. The fourth-order valence-corrected chi connectivity index (χ4v) is 2.93. The summed E-state index contributed by atoms with van der Waals surface area (Å²) in [6, 6.07) is 1.81. The van der Waals surface area contributed by atoms with Crippen molar-refractivity contribution in [1.82, 2.24) is 10.3 Å². The van der Waals surface area contributed by atoms with Crippen molar-refractivity contribution in [2.75, 3.05) is 5.73 Å². The third-order valence-corrected chi connectivity index (χ3v) is 3.96. The molecule has 1 atom stereocenters. The van der Waals surface area contributed by atoms with Crippen LogP contribution in [-0.2, 0) is 0 Å². The molecule has 0 fully saturated rings. The van der Waals surface area contributed by atoms with E-state index in [-0.39, 0.29) is 11.9 Å². The Balaban J connectivity index is 2.36. The number of terminal acetylenes is 1. The lowest BCUT2D eigenvalue weighted by Crippen LogP contribution is -2.32. The highest BCUT2D eigenvalue weighted by atomic mass is 32.1. The molecule has 0 aliphatic heterocycles. The number of carbonyl (C=O) groups is 1. The van der Waals surface area contributed by atoms with E-state index in [9.17, 15) is 4.79 Å². The molecule has 19 heavy (non-hydrogen) atoms. The van der Waals surface area contributed by atoms with Crippen LogP contribution in [0.25, 0.3) is 10.2 Å². The van der Waals surface area contributed by atoms with Crippen molar-refractivity contribution in [3.05, 3.63) is 22.7 Å². The molecule has 2 aromatic rings. The van der Waals surface area contributed by atoms with E-state index < -0.39 is 0 Å². The zero-order valence-electron chi connectivity index (χ0n) is 10.9. The number of hydrogen-bond donors (Lipinski definition) is 2. The molecule has 4 nitrogen and oxygen atoms in total. The number of amides is 1.